The van der Waals surface area contributed by atoms with Gasteiger partial charge in [-0.2, -0.15) is 15.0 Å². The second-order valence-electron chi connectivity index (χ2n) is 9.43. The van der Waals surface area contributed by atoms with Gasteiger partial charge >= 0.3 is 0 Å². The van der Waals surface area contributed by atoms with Gasteiger partial charge in [-0.05, 0) is 49.9 Å². The van der Waals surface area contributed by atoms with Crippen LogP contribution in [0.3, 0.4) is 0 Å². The SMILES string of the molecule is NCCOCCOCCNC(=O)c1ccc(Nc2nc(NC3CCCCC3)nc(N3CCCC3)n2)cc1. The highest BCUT2D eigenvalue weighted by Gasteiger charge is 2.20. The number of nitrogens with one attached hydrogen (secondary N) is 3. The third-order valence-electron chi connectivity index (χ3n) is 6.52. The molecule has 0 radical (unpaired) electrons. The summed E-state index contributed by atoms with van der Waals surface area (Å²) in [5.41, 5.74) is 6.74. The predicted octanol–water partition coefficient (Wildman–Crippen LogP) is 2.68. The van der Waals surface area contributed by atoms with Gasteiger partial charge in [0.1, 0.15) is 0 Å². The van der Waals surface area contributed by atoms with Crippen molar-refractivity contribution in [3.05, 3.63) is 29.8 Å². The second-order valence-corrected chi connectivity index (χ2v) is 9.43. The zero-order valence-corrected chi connectivity index (χ0v) is 21.6. The maximum absolute atomic E-state index is 12.4. The zero-order valence-electron chi connectivity index (χ0n) is 21.6. The van der Waals surface area contributed by atoms with Gasteiger partial charge in [0.25, 0.3) is 5.91 Å². The van der Waals surface area contributed by atoms with Gasteiger partial charge in [0, 0.05) is 43.5 Å². The molecule has 0 atom stereocenters. The van der Waals surface area contributed by atoms with E-state index in [2.05, 4.69) is 30.8 Å². The van der Waals surface area contributed by atoms with E-state index in [1.54, 1.807) is 12.1 Å². The number of amides is 1. The molecule has 1 saturated carbocycles. The molecule has 1 aliphatic heterocycles. The number of carbonyl (C=O) groups is 1. The molecule has 2 aromatic rings. The lowest BCUT2D eigenvalue weighted by Crippen LogP contribution is -2.27. The van der Waals surface area contributed by atoms with Crippen molar-refractivity contribution >= 4 is 29.4 Å². The summed E-state index contributed by atoms with van der Waals surface area (Å²) in [6, 6.07) is 7.68. The van der Waals surface area contributed by atoms with E-state index < -0.39 is 0 Å². The lowest BCUT2D eigenvalue weighted by Gasteiger charge is -2.24. The first-order valence-corrected chi connectivity index (χ1v) is 13.5. The summed E-state index contributed by atoms with van der Waals surface area (Å²) in [4.78, 5) is 28.7. The van der Waals surface area contributed by atoms with Crippen molar-refractivity contribution in [2.75, 3.05) is 68.1 Å². The van der Waals surface area contributed by atoms with Crippen LogP contribution >= 0.6 is 0 Å². The van der Waals surface area contributed by atoms with Crippen LogP contribution < -0.4 is 26.6 Å². The molecule has 1 amide bonds. The number of benzene rings is 1. The maximum Gasteiger partial charge on any atom is 0.251 e. The van der Waals surface area contributed by atoms with Gasteiger partial charge in [0.15, 0.2) is 0 Å². The smallest absolute Gasteiger partial charge is 0.251 e. The molecule has 5 N–H and O–H groups in total. The average Bonchev–Trinajstić information content (AvgIpc) is 3.46. The van der Waals surface area contributed by atoms with Gasteiger partial charge in [-0.15, -0.1) is 0 Å². The molecule has 0 spiro atoms. The third kappa shape index (κ3) is 8.80. The van der Waals surface area contributed by atoms with Crippen LogP contribution in [0.15, 0.2) is 24.3 Å². The van der Waals surface area contributed by atoms with E-state index in [0.29, 0.717) is 69.0 Å². The first kappa shape index (κ1) is 27.0. The fourth-order valence-electron chi connectivity index (χ4n) is 4.55. The van der Waals surface area contributed by atoms with Crippen LogP contribution in [0.2, 0.25) is 0 Å². The van der Waals surface area contributed by atoms with E-state index in [-0.39, 0.29) is 5.91 Å². The van der Waals surface area contributed by atoms with E-state index in [9.17, 15) is 4.79 Å². The van der Waals surface area contributed by atoms with E-state index in [1.807, 2.05) is 12.1 Å². The molecule has 2 fully saturated rings. The number of hydrogen-bond acceptors (Lipinski definition) is 10. The van der Waals surface area contributed by atoms with E-state index in [4.69, 9.17) is 20.2 Å². The Morgan fingerprint density at radius 1 is 0.892 bits per heavy atom. The fraction of sp³-hybridized carbons (Fsp3) is 0.615. The van der Waals surface area contributed by atoms with Crippen molar-refractivity contribution in [1.29, 1.82) is 0 Å². The monoisotopic (exact) mass is 512 g/mol. The highest BCUT2D eigenvalue weighted by atomic mass is 16.5. The molecule has 0 unspecified atom stereocenters. The maximum atomic E-state index is 12.4. The number of aromatic nitrogens is 3. The van der Waals surface area contributed by atoms with Gasteiger partial charge in [-0.1, -0.05) is 19.3 Å². The average molecular weight is 513 g/mol. The Morgan fingerprint density at radius 2 is 1.59 bits per heavy atom. The van der Waals surface area contributed by atoms with Crippen LogP contribution in [0.5, 0.6) is 0 Å². The first-order valence-electron chi connectivity index (χ1n) is 13.5. The summed E-state index contributed by atoms with van der Waals surface area (Å²) in [7, 11) is 0. The van der Waals surface area contributed by atoms with Gasteiger partial charge in [0.05, 0.1) is 26.4 Å². The Labute approximate surface area is 218 Å². The molecule has 202 valence electrons. The lowest BCUT2D eigenvalue weighted by atomic mass is 9.96. The van der Waals surface area contributed by atoms with Crippen molar-refractivity contribution < 1.29 is 14.3 Å². The predicted molar refractivity (Wildman–Crippen MR) is 145 cm³/mol. The van der Waals surface area contributed by atoms with Crippen molar-refractivity contribution in [2.45, 2.75) is 51.0 Å². The number of ether oxygens (including phenoxy) is 2. The third-order valence-corrected chi connectivity index (χ3v) is 6.52. The van der Waals surface area contributed by atoms with Gasteiger partial charge < -0.3 is 36.1 Å². The second kappa shape index (κ2) is 14.7. The number of nitrogens with two attached hydrogens (primary N) is 1. The Balaban J connectivity index is 1.31. The van der Waals surface area contributed by atoms with Gasteiger partial charge in [0.2, 0.25) is 17.8 Å². The molecule has 37 heavy (non-hydrogen) atoms. The molecule has 1 aromatic heterocycles. The molecule has 0 bridgehead atoms. The van der Waals surface area contributed by atoms with Crippen molar-refractivity contribution in [3.63, 3.8) is 0 Å². The van der Waals surface area contributed by atoms with Crippen molar-refractivity contribution in [2.24, 2.45) is 5.73 Å². The van der Waals surface area contributed by atoms with Crippen LogP contribution in [0.1, 0.15) is 55.3 Å². The highest BCUT2D eigenvalue weighted by Crippen LogP contribution is 2.24. The number of carbonyl (C=O) groups excluding carboxylic acids is 1. The molecule has 4 rings (SSSR count). The Kier molecular flexibility index (Phi) is 10.7. The van der Waals surface area contributed by atoms with Crippen LogP contribution in [-0.4, -0.2) is 79.5 Å². The summed E-state index contributed by atoms with van der Waals surface area (Å²) in [6.45, 7) is 4.77. The summed E-state index contributed by atoms with van der Waals surface area (Å²) in [5, 5.41) is 9.69. The van der Waals surface area contributed by atoms with Gasteiger partial charge in [-0.25, -0.2) is 0 Å². The van der Waals surface area contributed by atoms with Crippen LogP contribution in [-0.2, 0) is 9.47 Å². The Morgan fingerprint density at radius 3 is 2.32 bits per heavy atom. The number of hydrogen-bond donors (Lipinski definition) is 4. The summed E-state index contributed by atoms with van der Waals surface area (Å²) in [6.07, 6.45) is 8.37. The quantitative estimate of drug-likeness (QED) is 0.279. The minimum atomic E-state index is -0.148. The minimum absolute atomic E-state index is 0.148. The van der Waals surface area contributed by atoms with Crippen LogP contribution in [0, 0.1) is 0 Å². The standard InChI is InChI=1S/C26H40N8O3/c27-12-16-36-18-19-37-17-13-28-23(35)20-8-10-22(11-9-20)30-25-31-24(29-21-6-2-1-3-7-21)32-26(33-25)34-14-4-5-15-34/h8-11,21H,1-7,12-19,27H2,(H,28,35)(H2,29,30,31,32,33). The molecule has 11 heteroatoms. The molecule has 2 aliphatic rings. The van der Waals surface area contributed by atoms with Crippen molar-refractivity contribution in [1.82, 2.24) is 20.3 Å². The Bertz CT molecular complexity index is 963. The van der Waals surface area contributed by atoms with E-state index in [0.717, 1.165) is 44.5 Å². The molecular weight excluding hydrogens is 472 g/mol. The summed E-state index contributed by atoms with van der Waals surface area (Å²) >= 11 is 0. The summed E-state index contributed by atoms with van der Waals surface area (Å²) in [5.74, 6) is 1.68. The summed E-state index contributed by atoms with van der Waals surface area (Å²) < 4.78 is 10.7. The van der Waals surface area contributed by atoms with Crippen LogP contribution in [0.4, 0.5) is 23.5 Å². The molecule has 11 nitrogen and oxygen atoms in total. The van der Waals surface area contributed by atoms with E-state index in [1.165, 1.54) is 19.3 Å². The van der Waals surface area contributed by atoms with Crippen LogP contribution in [0.25, 0.3) is 0 Å². The number of rotatable bonds is 14. The topological polar surface area (TPSA) is 140 Å². The van der Waals surface area contributed by atoms with Crippen molar-refractivity contribution in [3.8, 4) is 0 Å². The molecule has 1 aliphatic carbocycles. The molecule has 1 aromatic carbocycles. The highest BCUT2D eigenvalue weighted by molar-refractivity contribution is 5.94. The lowest BCUT2D eigenvalue weighted by molar-refractivity contribution is 0.0511. The van der Waals surface area contributed by atoms with E-state index >= 15 is 0 Å². The molecular formula is C26H40N8O3. The normalized spacial score (nSPS) is 16.1. The largest absolute Gasteiger partial charge is 0.378 e. The Hall–Kier alpha value is -3.02. The zero-order chi connectivity index (χ0) is 25.7. The minimum Gasteiger partial charge on any atom is -0.378 e. The first-order chi connectivity index (χ1) is 18.2. The number of nitrogens with zero attached hydrogens (tertiary/aromatic N) is 4. The molecule has 2 heterocycles. The number of anilines is 4. The molecule has 1 saturated heterocycles. The fourth-order valence-corrected chi connectivity index (χ4v) is 4.55. The van der Waals surface area contributed by atoms with Gasteiger partial charge in [-0.3, -0.25) is 4.79 Å².